The molecule has 2 aromatic heterocycles. The minimum atomic E-state index is -1.71. The van der Waals surface area contributed by atoms with E-state index in [1.165, 1.54) is 6.42 Å². The summed E-state index contributed by atoms with van der Waals surface area (Å²) in [6, 6.07) is 0. The summed E-state index contributed by atoms with van der Waals surface area (Å²) in [5.74, 6) is 2.05. The van der Waals surface area contributed by atoms with Crippen molar-refractivity contribution >= 4 is 19.5 Å². The van der Waals surface area contributed by atoms with E-state index in [4.69, 9.17) is 18.9 Å². The van der Waals surface area contributed by atoms with Gasteiger partial charge in [-0.1, -0.05) is 20.8 Å². The Balaban J connectivity index is 1.43. The molecule has 1 unspecified atom stereocenters. The van der Waals surface area contributed by atoms with Gasteiger partial charge in [0, 0.05) is 13.2 Å². The summed E-state index contributed by atoms with van der Waals surface area (Å²) in [6.45, 7) is 15.2. The van der Waals surface area contributed by atoms with Crippen LogP contribution < -0.4 is 4.74 Å². The fourth-order valence-corrected chi connectivity index (χ4v) is 5.43. The molecule has 0 spiro atoms. The minimum absolute atomic E-state index is 0.00449. The second kappa shape index (κ2) is 8.79. The number of hydrogen-bond acceptors (Lipinski definition) is 6. The van der Waals surface area contributed by atoms with Crippen LogP contribution in [0.25, 0.3) is 11.2 Å². The zero-order valence-corrected chi connectivity index (χ0v) is 21.0. The van der Waals surface area contributed by atoms with Crippen LogP contribution >= 0.6 is 0 Å². The maximum Gasteiger partial charge on any atom is 0.245 e. The normalized spacial score (nSPS) is 25.3. The Morgan fingerprint density at radius 1 is 1.16 bits per heavy atom. The molecule has 2 aliphatic rings. The van der Waals surface area contributed by atoms with Crippen molar-refractivity contribution in [1.29, 1.82) is 0 Å². The van der Waals surface area contributed by atoms with Crippen LogP contribution in [0.4, 0.5) is 0 Å². The van der Waals surface area contributed by atoms with Gasteiger partial charge in [-0.25, -0.2) is 9.97 Å². The Kier molecular flexibility index (Phi) is 6.43. The van der Waals surface area contributed by atoms with Gasteiger partial charge in [0.25, 0.3) is 0 Å². The number of rotatable bonds is 6. The minimum Gasteiger partial charge on any atom is -0.473 e. The predicted molar refractivity (Wildman–Crippen MR) is 124 cm³/mol. The van der Waals surface area contributed by atoms with Crippen molar-refractivity contribution < 1.29 is 13.9 Å². The fourth-order valence-electron chi connectivity index (χ4n) is 4.34. The Bertz CT molecular complexity index is 902. The van der Waals surface area contributed by atoms with Crippen molar-refractivity contribution in [3.05, 3.63) is 12.2 Å². The van der Waals surface area contributed by atoms with E-state index in [-0.39, 0.29) is 17.4 Å². The lowest BCUT2D eigenvalue weighted by molar-refractivity contribution is -0.0309. The molecule has 8 heteroatoms. The predicted octanol–water partition coefficient (Wildman–Crippen LogP) is 5.40. The lowest BCUT2D eigenvalue weighted by Crippen LogP contribution is -2.41. The van der Waals surface area contributed by atoms with Crippen LogP contribution in [0.3, 0.4) is 0 Å². The van der Waals surface area contributed by atoms with Gasteiger partial charge in [0.15, 0.2) is 19.5 Å². The molecule has 3 heterocycles. The van der Waals surface area contributed by atoms with Crippen LogP contribution in [0.5, 0.6) is 5.88 Å². The van der Waals surface area contributed by atoms with Gasteiger partial charge in [0.1, 0.15) is 24.5 Å². The van der Waals surface area contributed by atoms with E-state index in [0.29, 0.717) is 11.8 Å². The third-order valence-corrected chi connectivity index (χ3v) is 11.8. The van der Waals surface area contributed by atoms with E-state index in [1.807, 2.05) is 6.92 Å². The maximum atomic E-state index is 6.46. The average molecular weight is 447 g/mol. The zero-order valence-electron chi connectivity index (χ0n) is 20.0. The summed E-state index contributed by atoms with van der Waals surface area (Å²) in [5, 5.41) is 0.243. The van der Waals surface area contributed by atoms with Crippen LogP contribution in [0.1, 0.15) is 71.3 Å². The van der Waals surface area contributed by atoms with Gasteiger partial charge in [0.05, 0.1) is 0 Å². The number of hydrogen-bond donors (Lipinski definition) is 0. The Hall–Kier alpha value is -1.51. The van der Waals surface area contributed by atoms with Gasteiger partial charge in [-0.15, -0.1) is 0 Å². The third-order valence-electron chi connectivity index (χ3n) is 7.32. The SMILES string of the molecule is Cc1nc2c(O[C@H]3CC[C@H](CO[Si](C)(C)C(C)(C)C)C3)ncnc2n1C1CCCCO1. The average Bonchev–Trinajstić information content (AvgIpc) is 3.30. The molecule has 3 atom stereocenters. The first-order chi connectivity index (χ1) is 14.7. The zero-order chi connectivity index (χ0) is 22.2. The van der Waals surface area contributed by atoms with E-state index in [0.717, 1.165) is 62.3 Å². The van der Waals surface area contributed by atoms with Crippen LogP contribution in [0.2, 0.25) is 18.1 Å². The van der Waals surface area contributed by atoms with E-state index >= 15 is 0 Å². The lowest BCUT2D eigenvalue weighted by atomic mass is 10.1. The highest BCUT2D eigenvalue weighted by atomic mass is 28.4. The molecule has 172 valence electrons. The highest BCUT2D eigenvalue weighted by Crippen LogP contribution is 2.38. The van der Waals surface area contributed by atoms with Gasteiger partial charge in [-0.2, -0.15) is 4.98 Å². The molecule has 7 nitrogen and oxygen atoms in total. The first-order valence-electron chi connectivity index (χ1n) is 11.8. The van der Waals surface area contributed by atoms with Crippen molar-refractivity contribution in [2.45, 2.75) is 96.7 Å². The van der Waals surface area contributed by atoms with Gasteiger partial charge < -0.3 is 13.9 Å². The Morgan fingerprint density at radius 3 is 2.68 bits per heavy atom. The van der Waals surface area contributed by atoms with E-state index in [1.54, 1.807) is 6.33 Å². The molecule has 1 saturated carbocycles. The molecule has 0 amide bonds. The molecule has 0 N–H and O–H groups in total. The van der Waals surface area contributed by atoms with Crippen LogP contribution in [0.15, 0.2) is 6.33 Å². The highest BCUT2D eigenvalue weighted by Gasteiger charge is 2.38. The highest BCUT2D eigenvalue weighted by molar-refractivity contribution is 6.74. The lowest BCUT2D eigenvalue weighted by Gasteiger charge is -2.37. The van der Waals surface area contributed by atoms with Crippen LogP contribution in [-0.4, -0.2) is 47.2 Å². The number of ether oxygens (including phenoxy) is 2. The molecule has 4 rings (SSSR count). The standard InChI is InChI=1S/C23H38N4O3Si/c1-16-26-20-21(27(16)19-9-7-8-12-28-19)24-15-25-22(20)30-18-11-10-17(13-18)14-29-31(5,6)23(2,3)4/h15,17-19H,7-14H2,1-6H3/t17-,18-,19?/m0/s1. The quantitative estimate of drug-likeness (QED) is 0.553. The second-order valence-corrected chi connectivity index (χ2v) is 15.5. The monoisotopic (exact) mass is 446 g/mol. The molecule has 0 bridgehead atoms. The van der Waals surface area contributed by atoms with Crippen LogP contribution in [-0.2, 0) is 9.16 Å². The summed E-state index contributed by atoms with van der Waals surface area (Å²) < 4.78 is 20.9. The first kappa shape index (κ1) is 22.7. The summed E-state index contributed by atoms with van der Waals surface area (Å²) >= 11 is 0. The van der Waals surface area contributed by atoms with Crippen molar-refractivity contribution in [3.63, 3.8) is 0 Å². The third kappa shape index (κ3) is 4.81. The Morgan fingerprint density at radius 2 is 1.97 bits per heavy atom. The smallest absolute Gasteiger partial charge is 0.245 e. The molecular weight excluding hydrogens is 408 g/mol. The second-order valence-electron chi connectivity index (χ2n) is 10.7. The molecule has 2 fully saturated rings. The fraction of sp³-hybridized carbons (Fsp3) is 0.783. The molecule has 1 aliphatic heterocycles. The number of imidazole rings is 1. The number of nitrogens with zero attached hydrogens (tertiary/aromatic N) is 4. The van der Waals surface area contributed by atoms with Gasteiger partial charge in [-0.3, -0.25) is 4.57 Å². The van der Waals surface area contributed by atoms with Crippen molar-refractivity contribution in [2.24, 2.45) is 5.92 Å². The molecule has 1 saturated heterocycles. The molecule has 0 radical (unpaired) electrons. The molecular formula is C23H38N4O3Si. The summed E-state index contributed by atoms with van der Waals surface area (Å²) in [5.41, 5.74) is 1.56. The topological polar surface area (TPSA) is 71.3 Å². The van der Waals surface area contributed by atoms with E-state index in [9.17, 15) is 0 Å². The molecule has 0 aromatic carbocycles. The molecule has 1 aliphatic carbocycles. The molecule has 31 heavy (non-hydrogen) atoms. The number of aromatic nitrogens is 4. The summed E-state index contributed by atoms with van der Waals surface area (Å²) in [4.78, 5) is 13.7. The van der Waals surface area contributed by atoms with Gasteiger partial charge in [0.2, 0.25) is 5.88 Å². The summed E-state index contributed by atoms with van der Waals surface area (Å²) in [6.07, 6.45) is 8.19. The van der Waals surface area contributed by atoms with Crippen molar-refractivity contribution in [2.75, 3.05) is 13.2 Å². The van der Waals surface area contributed by atoms with Gasteiger partial charge in [-0.05, 0) is 69.5 Å². The summed E-state index contributed by atoms with van der Waals surface area (Å²) in [7, 11) is -1.71. The van der Waals surface area contributed by atoms with Crippen molar-refractivity contribution in [3.8, 4) is 5.88 Å². The van der Waals surface area contributed by atoms with E-state index < -0.39 is 8.32 Å². The maximum absolute atomic E-state index is 6.46. The Labute approximate surface area is 187 Å². The van der Waals surface area contributed by atoms with Gasteiger partial charge >= 0.3 is 0 Å². The van der Waals surface area contributed by atoms with Crippen molar-refractivity contribution in [1.82, 2.24) is 19.5 Å². The van der Waals surface area contributed by atoms with Crippen LogP contribution in [0, 0.1) is 12.8 Å². The number of aryl methyl sites for hydroxylation is 1. The largest absolute Gasteiger partial charge is 0.473 e. The molecule has 2 aromatic rings. The first-order valence-corrected chi connectivity index (χ1v) is 14.7. The van der Waals surface area contributed by atoms with E-state index in [2.05, 4.69) is 48.4 Å². The number of fused-ring (bicyclic) bond motifs is 1.